The molecule has 102 valence electrons. The Labute approximate surface area is 120 Å². The topological polar surface area (TPSA) is 15.3 Å². The standard InChI is InChI=1S/C15H25BrN2/c1-5-9-18(10-6-2)15-8-7-13(11-14(15)16)12(3)17-4/h7-8,11-12,17H,5-6,9-10H2,1-4H3. The minimum absolute atomic E-state index is 0.390. The highest BCUT2D eigenvalue weighted by molar-refractivity contribution is 9.10. The molecule has 0 aliphatic carbocycles. The van der Waals surface area contributed by atoms with E-state index in [1.807, 2.05) is 7.05 Å². The summed E-state index contributed by atoms with van der Waals surface area (Å²) in [6.07, 6.45) is 2.36. The Bertz CT molecular complexity index is 360. The van der Waals surface area contributed by atoms with Gasteiger partial charge < -0.3 is 10.2 Å². The first kappa shape index (κ1) is 15.5. The molecule has 1 aromatic rings. The summed E-state index contributed by atoms with van der Waals surface area (Å²) in [6, 6.07) is 7.08. The molecule has 0 amide bonds. The Morgan fingerprint density at radius 3 is 2.28 bits per heavy atom. The van der Waals surface area contributed by atoms with Crippen molar-refractivity contribution in [2.24, 2.45) is 0 Å². The SMILES string of the molecule is CCCN(CCC)c1ccc(C(C)NC)cc1Br. The number of halogens is 1. The van der Waals surface area contributed by atoms with E-state index < -0.39 is 0 Å². The smallest absolute Gasteiger partial charge is 0.0510 e. The van der Waals surface area contributed by atoms with E-state index in [0.29, 0.717) is 6.04 Å². The first-order valence-electron chi connectivity index (χ1n) is 6.85. The molecule has 0 saturated carbocycles. The number of hydrogen-bond acceptors (Lipinski definition) is 2. The highest BCUT2D eigenvalue weighted by atomic mass is 79.9. The van der Waals surface area contributed by atoms with Crippen LogP contribution in [0.25, 0.3) is 0 Å². The van der Waals surface area contributed by atoms with Crippen molar-refractivity contribution in [2.45, 2.75) is 39.7 Å². The molecule has 0 fully saturated rings. The third-order valence-corrected chi connectivity index (χ3v) is 3.87. The fraction of sp³-hybridized carbons (Fsp3) is 0.600. The molecule has 0 spiro atoms. The molecule has 0 aliphatic rings. The van der Waals surface area contributed by atoms with Crippen molar-refractivity contribution in [3.63, 3.8) is 0 Å². The average molecular weight is 313 g/mol. The minimum Gasteiger partial charge on any atom is -0.371 e. The molecule has 2 nitrogen and oxygen atoms in total. The van der Waals surface area contributed by atoms with Crippen LogP contribution in [0, 0.1) is 0 Å². The van der Waals surface area contributed by atoms with Crippen LogP contribution in [0.5, 0.6) is 0 Å². The normalized spacial score (nSPS) is 12.5. The molecule has 0 heterocycles. The highest BCUT2D eigenvalue weighted by Crippen LogP contribution is 2.29. The molecule has 1 aromatic carbocycles. The lowest BCUT2D eigenvalue weighted by Gasteiger charge is -2.26. The lowest BCUT2D eigenvalue weighted by molar-refractivity contribution is 0.651. The van der Waals surface area contributed by atoms with Gasteiger partial charge in [0.15, 0.2) is 0 Å². The van der Waals surface area contributed by atoms with Gasteiger partial charge in [-0.3, -0.25) is 0 Å². The maximum Gasteiger partial charge on any atom is 0.0510 e. The second kappa shape index (κ2) is 7.80. The summed E-state index contributed by atoms with van der Waals surface area (Å²) < 4.78 is 1.20. The third-order valence-electron chi connectivity index (χ3n) is 3.23. The van der Waals surface area contributed by atoms with Crippen molar-refractivity contribution in [1.82, 2.24) is 5.32 Å². The predicted molar refractivity (Wildman–Crippen MR) is 84.4 cm³/mol. The average Bonchev–Trinajstić information content (AvgIpc) is 2.37. The van der Waals surface area contributed by atoms with E-state index in [4.69, 9.17) is 0 Å². The fourth-order valence-corrected chi connectivity index (χ4v) is 2.76. The number of anilines is 1. The maximum atomic E-state index is 3.72. The van der Waals surface area contributed by atoms with Gasteiger partial charge in [-0.2, -0.15) is 0 Å². The molecular formula is C15H25BrN2. The monoisotopic (exact) mass is 312 g/mol. The number of nitrogens with zero attached hydrogens (tertiary/aromatic N) is 1. The Morgan fingerprint density at radius 2 is 1.83 bits per heavy atom. The van der Waals surface area contributed by atoms with Gasteiger partial charge in [-0.05, 0) is 60.4 Å². The van der Waals surface area contributed by atoms with E-state index in [1.54, 1.807) is 0 Å². The second-order valence-electron chi connectivity index (χ2n) is 4.71. The van der Waals surface area contributed by atoms with Gasteiger partial charge in [-0.25, -0.2) is 0 Å². The summed E-state index contributed by atoms with van der Waals surface area (Å²) in [7, 11) is 1.99. The zero-order valence-corrected chi connectivity index (χ0v) is 13.5. The van der Waals surface area contributed by atoms with Crippen molar-refractivity contribution < 1.29 is 0 Å². The first-order chi connectivity index (χ1) is 8.63. The number of rotatable bonds is 7. The lowest BCUT2D eigenvalue weighted by Crippen LogP contribution is -2.25. The Morgan fingerprint density at radius 1 is 1.22 bits per heavy atom. The van der Waals surface area contributed by atoms with Gasteiger partial charge in [-0.1, -0.05) is 19.9 Å². The number of hydrogen-bond donors (Lipinski definition) is 1. The second-order valence-corrected chi connectivity index (χ2v) is 5.56. The zero-order chi connectivity index (χ0) is 13.5. The molecule has 0 bridgehead atoms. The quantitative estimate of drug-likeness (QED) is 0.805. The maximum absolute atomic E-state index is 3.72. The fourth-order valence-electron chi connectivity index (χ4n) is 2.11. The van der Waals surface area contributed by atoms with Crippen LogP contribution in [-0.2, 0) is 0 Å². The van der Waals surface area contributed by atoms with Crippen LogP contribution in [-0.4, -0.2) is 20.1 Å². The lowest BCUT2D eigenvalue weighted by atomic mass is 10.1. The van der Waals surface area contributed by atoms with Crippen molar-refractivity contribution in [2.75, 3.05) is 25.0 Å². The molecule has 0 aromatic heterocycles. The van der Waals surface area contributed by atoms with Gasteiger partial charge in [0.25, 0.3) is 0 Å². The van der Waals surface area contributed by atoms with Gasteiger partial charge in [-0.15, -0.1) is 0 Å². The van der Waals surface area contributed by atoms with E-state index >= 15 is 0 Å². The van der Waals surface area contributed by atoms with E-state index in [1.165, 1.54) is 28.6 Å². The third kappa shape index (κ3) is 3.99. The number of nitrogens with one attached hydrogen (secondary N) is 1. The molecular weight excluding hydrogens is 288 g/mol. The van der Waals surface area contributed by atoms with Crippen molar-refractivity contribution >= 4 is 21.6 Å². The largest absolute Gasteiger partial charge is 0.371 e. The van der Waals surface area contributed by atoms with Gasteiger partial charge in [0, 0.05) is 23.6 Å². The van der Waals surface area contributed by atoms with E-state index in [-0.39, 0.29) is 0 Å². The molecule has 0 saturated heterocycles. The molecule has 1 rings (SSSR count). The number of benzene rings is 1. The molecule has 0 aliphatic heterocycles. The van der Waals surface area contributed by atoms with Crippen molar-refractivity contribution in [1.29, 1.82) is 0 Å². The molecule has 0 radical (unpaired) electrons. The molecule has 1 N–H and O–H groups in total. The van der Waals surface area contributed by atoms with Crippen molar-refractivity contribution in [3.8, 4) is 0 Å². The van der Waals surface area contributed by atoms with Crippen LogP contribution in [0.3, 0.4) is 0 Å². The van der Waals surface area contributed by atoms with E-state index in [0.717, 1.165) is 13.1 Å². The molecule has 1 unspecified atom stereocenters. The summed E-state index contributed by atoms with van der Waals surface area (Å²) in [6.45, 7) is 8.88. The van der Waals surface area contributed by atoms with Crippen molar-refractivity contribution in [3.05, 3.63) is 28.2 Å². The van der Waals surface area contributed by atoms with Gasteiger partial charge >= 0.3 is 0 Å². The van der Waals surface area contributed by atoms with Gasteiger partial charge in [0.05, 0.1) is 5.69 Å². The summed E-state index contributed by atoms with van der Waals surface area (Å²) in [4.78, 5) is 2.46. The Balaban J connectivity index is 2.95. The predicted octanol–water partition coefficient (Wildman–Crippen LogP) is 4.36. The first-order valence-corrected chi connectivity index (χ1v) is 7.64. The van der Waals surface area contributed by atoms with Crippen LogP contribution in [0.1, 0.15) is 45.2 Å². The zero-order valence-electron chi connectivity index (χ0n) is 12.0. The summed E-state index contributed by atoms with van der Waals surface area (Å²) >= 11 is 3.72. The molecule has 1 atom stereocenters. The molecule has 18 heavy (non-hydrogen) atoms. The van der Waals surface area contributed by atoms with E-state index in [2.05, 4.69) is 65.1 Å². The van der Waals surface area contributed by atoms with Gasteiger partial charge in [0.1, 0.15) is 0 Å². The van der Waals surface area contributed by atoms with Crippen LogP contribution in [0.15, 0.2) is 22.7 Å². The summed E-state index contributed by atoms with van der Waals surface area (Å²) in [5.74, 6) is 0. The summed E-state index contributed by atoms with van der Waals surface area (Å²) in [5, 5.41) is 3.27. The van der Waals surface area contributed by atoms with Crippen LogP contribution < -0.4 is 10.2 Å². The van der Waals surface area contributed by atoms with Crippen LogP contribution in [0.4, 0.5) is 5.69 Å². The molecule has 3 heteroatoms. The van der Waals surface area contributed by atoms with Gasteiger partial charge in [0.2, 0.25) is 0 Å². The van der Waals surface area contributed by atoms with E-state index in [9.17, 15) is 0 Å². The van der Waals surface area contributed by atoms with Crippen LogP contribution in [0.2, 0.25) is 0 Å². The minimum atomic E-state index is 0.390. The Kier molecular flexibility index (Phi) is 6.72. The van der Waals surface area contributed by atoms with Crippen LogP contribution >= 0.6 is 15.9 Å². The summed E-state index contributed by atoms with van der Waals surface area (Å²) in [5.41, 5.74) is 2.63. The Hall–Kier alpha value is -0.540. The highest BCUT2D eigenvalue weighted by Gasteiger charge is 2.11.